The van der Waals surface area contributed by atoms with Crippen LogP contribution in [0, 0.1) is 12.8 Å². The molecular formula is C31H33N5O4. The Morgan fingerprint density at radius 3 is 2.70 bits per heavy atom. The van der Waals surface area contributed by atoms with Gasteiger partial charge in [-0.25, -0.2) is 5.48 Å². The Balaban J connectivity index is 1.27. The average molecular weight is 540 g/mol. The van der Waals surface area contributed by atoms with Crippen LogP contribution in [0.15, 0.2) is 79.1 Å². The summed E-state index contributed by atoms with van der Waals surface area (Å²) in [5.74, 6) is -0.197. The van der Waals surface area contributed by atoms with Crippen molar-refractivity contribution in [1.29, 1.82) is 0 Å². The first-order valence-corrected chi connectivity index (χ1v) is 13.4. The number of piperidine rings is 1. The highest BCUT2D eigenvalue weighted by Gasteiger charge is 2.34. The number of nitrogens with zero attached hydrogens (tertiary/aromatic N) is 3. The molecule has 2 aromatic carbocycles. The van der Waals surface area contributed by atoms with Gasteiger partial charge < -0.3 is 10.1 Å². The zero-order valence-corrected chi connectivity index (χ0v) is 22.4. The van der Waals surface area contributed by atoms with Crippen LogP contribution in [-0.2, 0) is 17.9 Å². The summed E-state index contributed by atoms with van der Waals surface area (Å²) in [6, 6.07) is 20.9. The molecule has 2 atom stereocenters. The monoisotopic (exact) mass is 539 g/mol. The van der Waals surface area contributed by atoms with Gasteiger partial charge in [-0.1, -0.05) is 24.3 Å². The number of amides is 2. The van der Waals surface area contributed by atoms with E-state index < -0.39 is 5.91 Å². The maximum Gasteiger partial charge on any atom is 0.252 e. The van der Waals surface area contributed by atoms with Crippen LogP contribution in [0.3, 0.4) is 0 Å². The lowest BCUT2D eigenvalue weighted by Gasteiger charge is -2.41. The van der Waals surface area contributed by atoms with Crippen LogP contribution < -0.4 is 15.5 Å². The van der Waals surface area contributed by atoms with E-state index in [1.807, 2.05) is 49.4 Å². The maximum absolute atomic E-state index is 13.3. The number of pyridine rings is 2. The van der Waals surface area contributed by atoms with Crippen molar-refractivity contribution in [3.05, 3.63) is 102 Å². The van der Waals surface area contributed by atoms with Crippen molar-refractivity contribution in [2.24, 2.45) is 5.92 Å². The van der Waals surface area contributed by atoms with E-state index in [1.165, 1.54) is 0 Å². The molecule has 4 aromatic rings. The molecule has 5 rings (SSSR count). The lowest BCUT2D eigenvalue weighted by molar-refractivity contribution is -0.131. The molecule has 1 aliphatic rings. The first kappa shape index (κ1) is 27.2. The quantitative estimate of drug-likeness (QED) is 0.213. The Hall–Kier alpha value is -4.34. The van der Waals surface area contributed by atoms with Gasteiger partial charge in [0.25, 0.3) is 5.91 Å². The summed E-state index contributed by atoms with van der Waals surface area (Å²) in [7, 11) is 0. The summed E-state index contributed by atoms with van der Waals surface area (Å²) in [5.41, 5.74) is 6.16. The molecule has 9 heteroatoms. The zero-order chi connectivity index (χ0) is 27.9. The van der Waals surface area contributed by atoms with Crippen LogP contribution in [-0.4, -0.2) is 44.6 Å². The van der Waals surface area contributed by atoms with Crippen molar-refractivity contribution in [2.45, 2.75) is 45.5 Å². The number of aromatic nitrogens is 2. The predicted octanol–water partition coefficient (Wildman–Crippen LogP) is 4.38. The highest BCUT2D eigenvalue weighted by atomic mass is 16.5. The van der Waals surface area contributed by atoms with Crippen molar-refractivity contribution in [2.75, 3.05) is 6.54 Å². The molecule has 40 heavy (non-hydrogen) atoms. The molecule has 0 aliphatic carbocycles. The van der Waals surface area contributed by atoms with Crippen molar-refractivity contribution < 1.29 is 19.5 Å². The van der Waals surface area contributed by atoms with Crippen LogP contribution in [0.1, 0.15) is 46.4 Å². The van der Waals surface area contributed by atoms with Gasteiger partial charge in [0, 0.05) is 60.0 Å². The summed E-state index contributed by atoms with van der Waals surface area (Å²) < 4.78 is 6.05. The number of carbonyl (C=O) groups is 2. The van der Waals surface area contributed by atoms with Gasteiger partial charge in [-0.05, 0) is 67.8 Å². The Morgan fingerprint density at radius 1 is 1.10 bits per heavy atom. The second-order valence-corrected chi connectivity index (χ2v) is 10.1. The van der Waals surface area contributed by atoms with Crippen LogP contribution in [0.5, 0.6) is 5.75 Å². The molecule has 1 unspecified atom stereocenters. The molecule has 0 saturated carbocycles. The fraction of sp³-hybridized carbons (Fsp3) is 0.290. The van der Waals surface area contributed by atoms with Crippen molar-refractivity contribution >= 4 is 22.7 Å². The number of ether oxygens (including phenoxy) is 1. The number of hydrogen-bond acceptors (Lipinski definition) is 7. The van der Waals surface area contributed by atoms with Crippen LogP contribution >= 0.6 is 0 Å². The molecule has 9 nitrogen and oxygen atoms in total. The van der Waals surface area contributed by atoms with E-state index in [0.717, 1.165) is 47.1 Å². The Bertz CT molecular complexity index is 1460. The Morgan fingerprint density at radius 2 is 1.93 bits per heavy atom. The first-order chi connectivity index (χ1) is 19.5. The highest BCUT2D eigenvalue weighted by molar-refractivity contribution is 5.94. The molecule has 3 N–H and O–H groups in total. The first-order valence-electron chi connectivity index (χ1n) is 13.4. The third-order valence-electron chi connectivity index (χ3n) is 7.26. The van der Waals surface area contributed by atoms with Gasteiger partial charge in [0.1, 0.15) is 12.4 Å². The molecule has 2 amide bonds. The number of hydroxylamine groups is 1. The lowest BCUT2D eigenvalue weighted by atomic mass is 9.90. The van der Waals surface area contributed by atoms with E-state index in [1.54, 1.807) is 42.1 Å². The van der Waals surface area contributed by atoms with Crippen molar-refractivity contribution in [1.82, 2.24) is 25.7 Å². The Labute approximate surface area is 233 Å². The van der Waals surface area contributed by atoms with Crippen LogP contribution in [0.25, 0.3) is 10.9 Å². The summed E-state index contributed by atoms with van der Waals surface area (Å²) in [6.45, 7) is 3.71. The van der Waals surface area contributed by atoms with Gasteiger partial charge in [0.15, 0.2) is 0 Å². The summed E-state index contributed by atoms with van der Waals surface area (Å²) in [6.07, 6.45) is 4.91. The molecule has 0 radical (unpaired) electrons. The third-order valence-corrected chi connectivity index (χ3v) is 7.26. The summed E-state index contributed by atoms with van der Waals surface area (Å²) in [5, 5.41) is 13.3. The van der Waals surface area contributed by atoms with Gasteiger partial charge in [0.05, 0.1) is 11.7 Å². The number of aryl methyl sites for hydroxylation is 1. The zero-order valence-electron chi connectivity index (χ0n) is 22.4. The smallest absolute Gasteiger partial charge is 0.252 e. The number of para-hydroxylation sites is 1. The minimum Gasteiger partial charge on any atom is -0.489 e. The number of likely N-dealkylation sites (tertiary alicyclic amines) is 1. The number of hydrogen-bond donors (Lipinski definition) is 3. The minimum absolute atomic E-state index is 0.112. The second-order valence-electron chi connectivity index (χ2n) is 10.1. The predicted molar refractivity (Wildman–Crippen MR) is 150 cm³/mol. The number of rotatable bonds is 9. The molecule has 1 saturated heterocycles. The molecule has 0 spiro atoms. The fourth-order valence-corrected chi connectivity index (χ4v) is 5.36. The van der Waals surface area contributed by atoms with E-state index in [-0.39, 0.29) is 24.4 Å². The van der Waals surface area contributed by atoms with Gasteiger partial charge in [-0.2, -0.15) is 0 Å². The highest BCUT2D eigenvalue weighted by Crippen LogP contribution is 2.27. The molecule has 1 fully saturated rings. The molecule has 2 aromatic heterocycles. The summed E-state index contributed by atoms with van der Waals surface area (Å²) in [4.78, 5) is 36.3. The summed E-state index contributed by atoms with van der Waals surface area (Å²) >= 11 is 0. The van der Waals surface area contributed by atoms with E-state index in [2.05, 4.69) is 20.2 Å². The van der Waals surface area contributed by atoms with Gasteiger partial charge in [-0.15, -0.1) is 0 Å². The molecule has 1 aliphatic heterocycles. The number of fused-ring (bicyclic) bond motifs is 1. The second kappa shape index (κ2) is 12.7. The van der Waals surface area contributed by atoms with Gasteiger partial charge in [0.2, 0.25) is 5.91 Å². The normalized spacial score (nSPS) is 17.4. The topological polar surface area (TPSA) is 117 Å². The van der Waals surface area contributed by atoms with Crippen molar-refractivity contribution in [3.8, 4) is 5.75 Å². The third kappa shape index (κ3) is 6.62. The van der Waals surface area contributed by atoms with E-state index in [4.69, 9.17) is 9.94 Å². The standard InChI is InChI=1S/C31H33N5O4/c1-21-16-25(27-8-2-3-9-28(27)33-21)20-40-26-12-10-23(11-13-26)31(38)34-30-24(17-29(37)35-39)7-5-15-36(30)19-22-6-4-14-32-18-22/h2-4,6,8-14,16,18,24,30,39H,5,7,15,17,19-20H2,1H3,(H,34,38)(H,35,37)/t24-,30?/m0/s1. The van der Waals surface area contributed by atoms with E-state index >= 15 is 0 Å². The molecule has 0 bridgehead atoms. The average Bonchev–Trinajstić information content (AvgIpc) is 2.98. The maximum atomic E-state index is 13.3. The lowest BCUT2D eigenvalue weighted by Crippen LogP contribution is -2.55. The minimum atomic E-state index is -0.467. The Kier molecular flexibility index (Phi) is 8.63. The number of benzene rings is 2. The molecule has 206 valence electrons. The van der Waals surface area contributed by atoms with E-state index in [9.17, 15) is 9.59 Å². The molecule has 3 heterocycles. The fourth-order valence-electron chi connectivity index (χ4n) is 5.36. The largest absolute Gasteiger partial charge is 0.489 e. The number of nitrogens with one attached hydrogen (secondary N) is 2. The van der Waals surface area contributed by atoms with Crippen LogP contribution in [0.4, 0.5) is 0 Å². The SMILES string of the molecule is Cc1cc(COc2ccc(C(=O)NC3[C@H](CC(=O)NO)CCCN3Cc3cccnc3)cc2)c2ccccc2n1. The van der Waals surface area contributed by atoms with Gasteiger partial charge in [-0.3, -0.25) is 29.7 Å². The van der Waals surface area contributed by atoms with E-state index in [0.29, 0.717) is 24.5 Å². The molecular weight excluding hydrogens is 506 g/mol. The van der Waals surface area contributed by atoms with Gasteiger partial charge >= 0.3 is 0 Å². The van der Waals surface area contributed by atoms with Crippen LogP contribution in [0.2, 0.25) is 0 Å². The number of carbonyl (C=O) groups excluding carboxylic acids is 2. The van der Waals surface area contributed by atoms with Crippen molar-refractivity contribution in [3.63, 3.8) is 0 Å².